The summed E-state index contributed by atoms with van der Waals surface area (Å²) >= 11 is 0. The lowest BCUT2D eigenvalue weighted by molar-refractivity contribution is 0.148. The number of anilines is 1. The number of likely N-dealkylation sites (N-methyl/N-ethyl adjacent to an activating group) is 1. The fraction of sp³-hybridized carbons (Fsp3) is 0.381. The van der Waals surface area contributed by atoms with Crippen molar-refractivity contribution in [2.45, 2.75) is 20.5 Å². The second-order valence-corrected chi connectivity index (χ2v) is 7.18. The molecular formula is C21H28N6O2. The first-order valence-electron chi connectivity index (χ1n) is 9.40. The Morgan fingerprint density at radius 3 is 2.66 bits per heavy atom. The topological polar surface area (TPSA) is 86.5 Å². The van der Waals surface area contributed by atoms with E-state index < -0.39 is 5.69 Å². The number of fused-ring (bicyclic) bond motifs is 1. The van der Waals surface area contributed by atoms with Gasteiger partial charge in [0.05, 0.1) is 5.39 Å². The third-order valence-corrected chi connectivity index (χ3v) is 5.08. The summed E-state index contributed by atoms with van der Waals surface area (Å²) in [6.07, 6.45) is 1.53. The molecule has 0 saturated carbocycles. The molecule has 0 bridgehead atoms. The van der Waals surface area contributed by atoms with Gasteiger partial charge in [0, 0.05) is 45.5 Å². The van der Waals surface area contributed by atoms with E-state index in [1.807, 2.05) is 6.07 Å². The van der Waals surface area contributed by atoms with Crippen LogP contribution in [0.5, 0.6) is 0 Å². The van der Waals surface area contributed by atoms with Crippen LogP contribution in [-0.2, 0) is 13.1 Å². The predicted octanol–water partition coefficient (Wildman–Crippen LogP) is 2.02. The first kappa shape index (κ1) is 20.8. The van der Waals surface area contributed by atoms with Gasteiger partial charge in [-0.05, 0) is 30.3 Å². The number of hydrogen-bond donors (Lipinski definition) is 2. The van der Waals surface area contributed by atoms with E-state index in [1.165, 1.54) is 11.8 Å². The van der Waals surface area contributed by atoms with Crippen molar-refractivity contribution < 1.29 is 5.21 Å². The van der Waals surface area contributed by atoms with Gasteiger partial charge in [-0.15, -0.1) is 4.73 Å². The summed E-state index contributed by atoms with van der Waals surface area (Å²) in [5, 5.41) is 13.6. The van der Waals surface area contributed by atoms with E-state index in [1.54, 1.807) is 12.1 Å². The molecule has 8 heteroatoms. The molecule has 2 N–H and O–H groups in total. The fourth-order valence-corrected chi connectivity index (χ4v) is 3.47. The van der Waals surface area contributed by atoms with E-state index in [2.05, 4.69) is 50.3 Å². The van der Waals surface area contributed by atoms with Crippen LogP contribution >= 0.6 is 0 Å². The van der Waals surface area contributed by atoms with Crippen molar-refractivity contribution in [1.82, 2.24) is 24.5 Å². The highest BCUT2D eigenvalue weighted by Crippen LogP contribution is 2.18. The minimum absolute atomic E-state index is 0. The molecule has 0 radical (unpaired) electrons. The summed E-state index contributed by atoms with van der Waals surface area (Å²) in [5.41, 5.74) is 1.82. The van der Waals surface area contributed by atoms with Crippen molar-refractivity contribution in [2.24, 2.45) is 0 Å². The van der Waals surface area contributed by atoms with E-state index in [0.29, 0.717) is 22.5 Å². The van der Waals surface area contributed by atoms with Gasteiger partial charge >= 0.3 is 5.69 Å². The maximum absolute atomic E-state index is 11.9. The van der Waals surface area contributed by atoms with Gasteiger partial charge in [0.1, 0.15) is 5.82 Å². The molecule has 154 valence electrons. The van der Waals surface area contributed by atoms with Gasteiger partial charge in [-0.1, -0.05) is 31.7 Å². The van der Waals surface area contributed by atoms with Crippen LogP contribution in [0.2, 0.25) is 0 Å². The number of rotatable bonds is 5. The number of pyridine rings is 1. The molecule has 2 aromatic heterocycles. The molecule has 4 rings (SSSR count). The van der Waals surface area contributed by atoms with Crippen LogP contribution in [-0.4, -0.2) is 62.9 Å². The van der Waals surface area contributed by atoms with Crippen LogP contribution in [0, 0.1) is 0 Å². The second kappa shape index (κ2) is 9.02. The quantitative estimate of drug-likeness (QED) is 0.638. The second-order valence-electron chi connectivity index (χ2n) is 7.18. The van der Waals surface area contributed by atoms with Crippen molar-refractivity contribution in [1.29, 1.82) is 0 Å². The zero-order valence-corrected chi connectivity index (χ0v) is 15.9. The highest BCUT2D eigenvalue weighted by Gasteiger charge is 2.14. The Morgan fingerprint density at radius 2 is 1.86 bits per heavy atom. The normalized spacial score (nSPS) is 15.2. The van der Waals surface area contributed by atoms with Gasteiger partial charge in [-0.3, -0.25) is 4.90 Å². The van der Waals surface area contributed by atoms with Crippen LogP contribution in [0.25, 0.3) is 11.0 Å². The minimum Gasteiger partial charge on any atom is -0.422 e. The summed E-state index contributed by atoms with van der Waals surface area (Å²) in [7, 11) is 2.16. The highest BCUT2D eigenvalue weighted by atomic mass is 16.5. The van der Waals surface area contributed by atoms with E-state index in [9.17, 15) is 10.0 Å². The molecule has 1 saturated heterocycles. The van der Waals surface area contributed by atoms with Gasteiger partial charge < -0.3 is 15.4 Å². The molecule has 0 aliphatic carbocycles. The minimum atomic E-state index is -0.752. The molecule has 3 aromatic rings. The van der Waals surface area contributed by atoms with E-state index in [4.69, 9.17) is 0 Å². The smallest absolute Gasteiger partial charge is 0.384 e. The lowest BCUT2D eigenvalue weighted by Gasteiger charge is -2.32. The number of nitrogens with one attached hydrogen (secondary N) is 1. The van der Waals surface area contributed by atoms with Crippen molar-refractivity contribution in [2.75, 3.05) is 38.5 Å². The van der Waals surface area contributed by atoms with Crippen LogP contribution in [0.15, 0.2) is 47.4 Å². The summed E-state index contributed by atoms with van der Waals surface area (Å²) in [5.74, 6) is 0.419. The van der Waals surface area contributed by atoms with Crippen LogP contribution in [0.1, 0.15) is 18.6 Å². The molecule has 0 amide bonds. The van der Waals surface area contributed by atoms with Crippen LogP contribution in [0.4, 0.5) is 5.82 Å². The molecule has 1 aromatic carbocycles. The zero-order valence-electron chi connectivity index (χ0n) is 15.9. The maximum Gasteiger partial charge on any atom is 0.384 e. The summed E-state index contributed by atoms with van der Waals surface area (Å²) < 4.78 is 0.469. The number of hydrogen-bond acceptors (Lipinski definition) is 7. The van der Waals surface area contributed by atoms with Gasteiger partial charge in [-0.2, -0.15) is 4.98 Å². The molecule has 0 atom stereocenters. The molecule has 1 aliphatic rings. The standard InChI is InChI=1S/C20H24N6O2.CH4/c1-24-8-10-25(11-9-24)14-16-5-2-4-15(12-16)13-22-18-17-6-3-7-21-19(17)26(28)20(27)23-18;/h2-7,12,28H,8-11,13-14H2,1H3,(H,22,23,27);1H4. The van der Waals surface area contributed by atoms with Crippen LogP contribution in [0.3, 0.4) is 0 Å². The van der Waals surface area contributed by atoms with E-state index in [0.717, 1.165) is 38.3 Å². The zero-order chi connectivity index (χ0) is 19.5. The Morgan fingerprint density at radius 1 is 1.10 bits per heavy atom. The van der Waals surface area contributed by atoms with Gasteiger partial charge in [-0.25, -0.2) is 9.78 Å². The number of benzene rings is 1. The van der Waals surface area contributed by atoms with E-state index >= 15 is 0 Å². The Hall–Kier alpha value is -2.97. The highest BCUT2D eigenvalue weighted by molar-refractivity contribution is 5.86. The van der Waals surface area contributed by atoms with E-state index in [-0.39, 0.29) is 13.1 Å². The Balaban J connectivity index is 0.00000240. The first-order valence-corrected chi connectivity index (χ1v) is 9.40. The average molecular weight is 396 g/mol. The number of piperazine rings is 1. The largest absolute Gasteiger partial charge is 0.422 e. The van der Waals surface area contributed by atoms with Crippen molar-refractivity contribution >= 4 is 16.9 Å². The third kappa shape index (κ3) is 4.72. The summed E-state index contributed by atoms with van der Waals surface area (Å²) in [4.78, 5) is 24.7. The molecule has 1 fully saturated rings. The Bertz CT molecular complexity index is 1030. The monoisotopic (exact) mass is 396 g/mol. The van der Waals surface area contributed by atoms with Gasteiger partial charge in [0.15, 0.2) is 5.65 Å². The van der Waals surface area contributed by atoms with Gasteiger partial charge in [0.25, 0.3) is 0 Å². The number of nitrogens with zero attached hydrogens (tertiary/aromatic N) is 5. The molecular weight excluding hydrogens is 368 g/mol. The predicted molar refractivity (Wildman–Crippen MR) is 114 cm³/mol. The van der Waals surface area contributed by atoms with Crippen molar-refractivity contribution in [3.05, 3.63) is 64.2 Å². The molecule has 0 spiro atoms. The maximum atomic E-state index is 11.9. The summed E-state index contributed by atoms with van der Waals surface area (Å²) in [6, 6.07) is 11.9. The lowest BCUT2D eigenvalue weighted by atomic mass is 10.1. The molecule has 29 heavy (non-hydrogen) atoms. The fourth-order valence-electron chi connectivity index (χ4n) is 3.47. The first-order chi connectivity index (χ1) is 13.6. The number of aromatic nitrogens is 3. The lowest BCUT2D eigenvalue weighted by Crippen LogP contribution is -2.43. The SMILES string of the molecule is C.CN1CCN(Cc2cccc(CNc3nc(=O)n(O)c4ncccc34)c2)CC1. The average Bonchev–Trinajstić information content (AvgIpc) is 2.72. The Labute approximate surface area is 170 Å². The van der Waals surface area contributed by atoms with Crippen molar-refractivity contribution in [3.63, 3.8) is 0 Å². The molecule has 8 nitrogen and oxygen atoms in total. The molecule has 3 heterocycles. The molecule has 1 aliphatic heterocycles. The van der Waals surface area contributed by atoms with Crippen molar-refractivity contribution in [3.8, 4) is 0 Å². The molecule has 0 unspecified atom stereocenters. The summed E-state index contributed by atoms with van der Waals surface area (Å²) in [6.45, 7) is 5.84. The third-order valence-electron chi connectivity index (χ3n) is 5.08. The Kier molecular flexibility index (Phi) is 6.46. The van der Waals surface area contributed by atoms with Crippen LogP contribution < -0.4 is 11.0 Å². The van der Waals surface area contributed by atoms with Gasteiger partial charge in [0.2, 0.25) is 0 Å².